The predicted octanol–water partition coefficient (Wildman–Crippen LogP) is 10.9. The van der Waals surface area contributed by atoms with Crippen LogP contribution in [0.15, 0.2) is 151 Å². The minimum absolute atomic E-state index is 0.127. The second kappa shape index (κ2) is 11.8. The van der Waals surface area contributed by atoms with E-state index in [0.717, 1.165) is 60.9 Å². The molecule has 1 aliphatic rings. The molecule has 0 saturated heterocycles. The zero-order chi connectivity index (χ0) is 34.6. The highest BCUT2D eigenvalue weighted by atomic mass is 15.0. The summed E-state index contributed by atoms with van der Waals surface area (Å²) in [5, 5.41) is 34.6. The Hall–Kier alpha value is -7.13. The molecule has 2 aromatic heterocycles. The van der Waals surface area contributed by atoms with Gasteiger partial charge in [0.1, 0.15) is 0 Å². The lowest BCUT2D eigenvalue weighted by Gasteiger charge is -2.31. The standard InChI is InChI=1S/C46H29N5/c1-29-33(28-49)19-20-38(46(29)32-9-8-10-34(25-32)50-41-14-5-2-11-35(41)36-12-3-6-15-42(36)50)40-24-31(27-48)18-22-45(40)51-43-16-7-4-13-37(43)39-23-30(26-47)17-21-44(39)51/h2-25,29,46H,1H3. The molecule has 9 rings (SSSR count). The van der Waals surface area contributed by atoms with Crippen molar-refractivity contribution in [1.82, 2.24) is 9.13 Å². The smallest absolute Gasteiger partial charge is 0.0991 e. The molecule has 2 unspecified atom stereocenters. The molecule has 0 fully saturated rings. The number of allylic oxidation sites excluding steroid dienone is 4. The minimum Gasteiger partial charge on any atom is -0.309 e. The van der Waals surface area contributed by atoms with Gasteiger partial charge in [0.25, 0.3) is 0 Å². The molecule has 5 nitrogen and oxygen atoms in total. The summed E-state index contributed by atoms with van der Waals surface area (Å²) in [6.45, 7) is 2.12. The quantitative estimate of drug-likeness (QED) is 0.190. The molecule has 0 radical (unpaired) electrons. The first kappa shape index (κ1) is 30.0. The predicted molar refractivity (Wildman–Crippen MR) is 205 cm³/mol. The van der Waals surface area contributed by atoms with Gasteiger partial charge in [0.15, 0.2) is 0 Å². The van der Waals surface area contributed by atoms with E-state index in [9.17, 15) is 15.8 Å². The van der Waals surface area contributed by atoms with Crippen LogP contribution in [0.25, 0.3) is 60.6 Å². The fourth-order valence-corrected chi connectivity index (χ4v) is 8.14. The number of nitrogens with zero attached hydrogens (tertiary/aromatic N) is 5. The fourth-order valence-electron chi connectivity index (χ4n) is 8.14. The van der Waals surface area contributed by atoms with Gasteiger partial charge in [-0.05, 0) is 83.9 Å². The van der Waals surface area contributed by atoms with Crippen LogP contribution in [-0.2, 0) is 0 Å². The Morgan fingerprint density at radius 3 is 1.76 bits per heavy atom. The van der Waals surface area contributed by atoms with Crippen molar-refractivity contribution in [2.75, 3.05) is 0 Å². The largest absolute Gasteiger partial charge is 0.309 e. The van der Waals surface area contributed by atoms with Gasteiger partial charge in [-0.3, -0.25) is 0 Å². The van der Waals surface area contributed by atoms with Crippen molar-refractivity contribution in [3.8, 4) is 29.6 Å². The van der Waals surface area contributed by atoms with Crippen molar-refractivity contribution in [1.29, 1.82) is 15.8 Å². The van der Waals surface area contributed by atoms with E-state index in [1.165, 1.54) is 10.8 Å². The van der Waals surface area contributed by atoms with E-state index >= 15 is 0 Å². The monoisotopic (exact) mass is 651 g/mol. The van der Waals surface area contributed by atoms with Crippen molar-refractivity contribution >= 4 is 49.2 Å². The molecule has 51 heavy (non-hydrogen) atoms. The van der Waals surface area contributed by atoms with Crippen LogP contribution in [0, 0.1) is 39.9 Å². The number of nitriles is 3. The maximum absolute atomic E-state index is 10.3. The molecule has 0 spiro atoms. The summed E-state index contributed by atoms with van der Waals surface area (Å²) in [4.78, 5) is 0. The lowest BCUT2D eigenvalue weighted by atomic mass is 9.72. The summed E-state index contributed by atoms with van der Waals surface area (Å²) in [6.07, 6.45) is 4.00. The molecule has 0 aliphatic heterocycles. The van der Waals surface area contributed by atoms with Gasteiger partial charge < -0.3 is 9.13 Å². The number of hydrogen-bond donors (Lipinski definition) is 0. The van der Waals surface area contributed by atoms with Gasteiger partial charge in [-0.2, -0.15) is 15.8 Å². The molecule has 1 aliphatic carbocycles. The molecule has 0 N–H and O–H groups in total. The lowest BCUT2D eigenvalue weighted by molar-refractivity contribution is 0.626. The van der Waals surface area contributed by atoms with Crippen LogP contribution < -0.4 is 0 Å². The van der Waals surface area contributed by atoms with Crippen LogP contribution >= 0.6 is 0 Å². The summed E-state index contributed by atoms with van der Waals surface area (Å²) in [5.41, 5.74) is 11.2. The van der Waals surface area contributed by atoms with E-state index < -0.39 is 0 Å². The Balaban J connectivity index is 1.29. The zero-order valence-corrected chi connectivity index (χ0v) is 27.7. The van der Waals surface area contributed by atoms with E-state index in [0.29, 0.717) is 16.7 Å². The molecule has 0 bridgehead atoms. The van der Waals surface area contributed by atoms with Crippen molar-refractivity contribution in [2.45, 2.75) is 12.8 Å². The van der Waals surface area contributed by atoms with Crippen LogP contribution in [0.4, 0.5) is 0 Å². The Morgan fingerprint density at radius 1 is 0.510 bits per heavy atom. The van der Waals surface area contributed by atoms with Crippen molar-refractivity contribution in [2.24, 2.45) is 5.92 Å². The van der Waals surface area contributed by atoms with Crippen molar-refractivity contribution < 1.29 is 0 Å². The van der Waals surface area contributed by atoms with E-state index in [-0.39, 0.29) is 11.8 Å². The number of aromatic nitrogens is 2. The molecule has 0 amide bonds. The van der Waals surface area contributed by atoms with Crippen LogP contribution in [-0.4, -0.2) is 9.13 Å². The summed E-state index contributed by atoms with van der Waals surface area (Å²) < 4.78 is 4.56. The first-order valence-electron chi connectivity index (χ1n) is 17.0. The first-order chi connectivity index (χ1) is 25.1. The molecule has 6 aromatic carbocycles. The maximum Gasteiger partial charge on any atom is 0.0991 e. The lowest BCUT2D eigenvalue weighted by Crippen LogP contribution is -2.18. The van der Waals surface area contributed by atoms with Crippen LogP contribution in [0.2, 0.25) is 0 Å². The number of benzene rings is 6. The van der Waals surface area contributed by atoms with Crippen molar-refractivity contribution in [3.05, 3.63) is 173 Å². The van der Waals surface area contributed by atoms with Gasteiger partial charge in [-0.15, -0.1) is 0 Å². The first-order valence-corrected chi connectivity index (χ1v) is 17.0. The molecular weight excluding hydrogens is 623 g/mol. The highest BCUT2D eigenvalue weighted by molar-refractivity contribution is 6.10. The molecule has 8 aromatic rings. The average Bonchev–Trinajstić information content (AvgIpc) is 3.70. The van der Waals surface area contributed by atoms with Gasteiger partial charge in [0.05, 0.1) is 57.1 Å². The van der Waals surface area contributed by atoms with E-state index in [2.05, 4.69) is 125 Å². The Labute approximate surface area is 295 Å². The number of rotatable bonds is 4. The maximum atomic E-state index is 10.3. The Kier molecular flexibility index (Phi) is 6.92. The third-order valence-electron chi connectivity index (χ3n) is 10.4. The van der Waals surface area contributed by atoms with Gasteiger partial charge in [-0.25, -0.2) is 0 Å². The van der Waals surface area contributed by atoms with E-state index in [4.69, 9.17) is 0 Å². The third kappa shape index (κ3) is 4.59. The normalized spacial score (nSPS) is 15.7. The second-order valence-electron chi connectivity index (χ2n) is 13.1. The Bertz CT molecular complexity index is 2880. The van der Waals surface area contributed by atoms with Crippen LogP contribution in [0.5, 0.6) is 0 Å². The summed E-state index contributed by atoms with van der Waals surface area (Å²) in [6, 6.07) is 52.7. The summed E-state index contributed by atoms with van der Waals surface area (Å²) in [5.74, 6) is -0.304. The minimum atomic E-state index is -0.177. The second-order valence-corrected chi connectivity index (χ2v) is 13.1. The molecule has 2 atom stereocenters. The topological polar surface area (TPSA) is 81.2 Å². The highest BCUT2D eigenvalue weighted by Gasteiger charge is 2.32. The Morgan fingerprint density at radius 2 is 1.10 bits per heavy atom. The van der Waals surface area contributed by atoms with Gasteiger partial charge >= 0.3 is 0 Å². The number of para-hydroxylation sites is 3. The molecule has 2 heterocycles. The zero-order valence-electron chi connectivity index (χ0n) is 27.7. The molecule has 0 saturated carbocycles. The highest BCUT2D eigenvalue weighted by Crippen LogP contribution is 2.47. The average molecular weight is 652 g/mol. The molecule has 238 valence electrons. The van der Waals surface area contributed by atoms with Crippen LogP contribution in [0.3, 0.4) is 0 Å². The molecular formula is C46H29N5. The molecule has 5 heteroatoms. The van der Waals surface area contributed by atoms with Gasteiger partial charge in [-0.1, -0.05) is 79.7 Å². The van der Waals surface area contributed by atoms with Gasteiger partial charge in [0.2, 0.25) is 0 Å². The fraction of sp³-hybridized carbons (Fsp3) is 0.0652. The van der Waals surface area contributed by atoms with Crippen LogP contribution in [0.1, 0.15) is 35.1 Å². The third-order valence-corrected chi connectivity index (χ3v) is 10.4. The number of fused-ring (bicyclic) bond motifs is 6. The van der Waals surface area contributed by atoms with Gasteiger partial charge in [0, 0.05) is 50.2 Å². The van der Waals surface area contributed by atoms with Crippen molar-refractivity contribution in [3.63, 3.8) is 0 Å². The summed E-state index contributed by atoms with van der Waals surface area (Å²) >= 11 is 0. The van der Waals surface area contributed by atoms with E-state index in [1.54, 1.807) is 0 Å². The SMILES string of the molecule is CC1C(C#N)=CC=C(c2cc(C#N)ccc2-n2c3ccccc3c3cc(C#N)ccc32)C1c1cccc(-n2c3ccccc3c3ccccc32)c1. The van der Waals surface area contributed by atoms with E-state index in [1.807, 2.05) is 54.6 Å². The summed E-state index contributed by atoms with van der Waals surface area (Å²) in [7, 11) is 0. The number of hydrogen-bond acceptors (Lipinski definition) is 3.